The van der Waals surface area contributed by atoms with Crippen molar-refractivity contribution in [3.05, 3.63) is 114 Å². The molecule has 0 radical (unpaired) electrons. The van der Waals surface area contributed by atoms with E-state index in [1.54, 1.807) is 41.3 Å². The summed E-state index contributed by atoms with van der Waals surface area (Å²) in [6.07, 6.45) is 0.205. The van der Waals surface area contributed by atoms with Crippen LogP contribution in [0.3, 0.4) is 0 Å². The van der Waals surface area contributed by atoms with Crippen molar-refractivity contribution in [2.75, 3.05) is 39.4 Å². The van der Waals surface area contributed by atoms with Crippen LogP contribution in [0.4, 0.5) is 9.18 Å². The Morgan fingerprint density at radius 2 is 1.73 bits per heavy atom. The standard InChI is InChI=1S/C36H37FN6O5/c37-30-12-8-27(9-13-30)23-39-36(47)43(17-16-38)42-19-18-41(24-29-6-3-5-28-4-1-2-7-32(28)29)35(46)33(40-34(45)25-42)22-26-10-14-31(15-11-26)48-21-20-44/h1-15,33,44H,17-25H2,(H,39,47)(H,40,45)/t33-/m0/s1. The second-order valence-electron chi connectivity index (χ2n) is 11.3. The average Bonchev–Trinajstić information content (AvgIpc) is 3.15. The van der Waals surface area contributed by atoms with E-state index < -0.39 is 23.8 Å². The molecule has 0 aliphatic carbocycles. The van der Waals surface area contributed by atoms with Crippen LogP contribution in [-0.2, 0) is 29.1 Å². The van der Waals surface area contributed by atoms with Gasteiger partial charge in [-0.1, -0.05) is 66.7 Å². The Bertz CT molecular complexity index is 1760. The quantitative estimate of drug-likeness (QED) is 0.211. The number of hydrazine groups is 1. The lowest BCUT2D eigenvalue weighted by Crippen LogP contribution is -2.55. The number of nitrogens with one attached hydrogen (secondary N) is 2. The van der Waals surface area contributed by atoms with E-state index >= 15 is 0 Å². The maximum Gasteiger partial charge on any atom is 0.333 e. The smallest absolute Gasteiger partial charge is 0.333 e. The van der Waals surface area contributed by atoms with Crippen LogP contribution in [-0.4, -0.2) is 83.3 Å². The number of nitriles is 1. The van der Waals surface area contributed by atoms with Crippen LogP contribution in [0.2, 0.25) is 0 Å². The summed E-state index contributed by atoms with van der Waals surface area (Å²) in [5.41, 5.74) is 2.37. The zero-order valence-electron chi connectivity index (χ0n) is 26.3. The van der Waals surface area contributed by atoms with E-state index in [1.807, 2.05) is 48.5 Å². The number of nitrogens with zero attached hydrogens (tertiary/aromatic N) is 4. The molecule has 1 atom stereocenters. The molecule has 11 nitrogen and oxygen atoms in total. The summed E-state index contributed by atoms with van der Waals surface area (Å²) in [4.78, 5) is 42.7. The van der Waals surface area contributed by atoms with E-state index in [0.717, 1.165) is 26.9 Å². The first-order valence-electron chi connectivity index (χ1n) is 15.6. The summed E-state index contributed by atoms with van der Waals surface area (Å²) < 4.78 is 18.8. The highest BCUT2D eigenvalue weighted by molar-refractivity contribution is 5.90. The Morgan fingerprint density at radius 3 is 2.48 bits per heavy atom. The van der Waals surface area contributed by atoms with Gasteiger partial charge >= 0.3 is 6.03 Å². The molecule has 4 amide bonds. The Kier molecular flexibility index (Phi) is 11.5. The zero-order chi connectivity index (χ0) is 33.9. The van der Waals surface area contributed by atoms with Gasteiger partial charge in [-0.15, -0.1) is 0 Å². The third-order valence-corrected chi connectivity index (χ3v) is 8.02. The molecule has 4 aromatic rings. The third-order valence-electron chi connectivity index (χ3n) is 8.02. The van der Waals surface area contributed by atoms with Crippen molar-refractivity contribution in [3.63, 3.8) is 0 Å². The predicted octanol–water partition coefficient (Wildman–Crippen LogP) is 3.37. The Morgan fingerprint density at radius 1 is 1.00 bits per heavy atom. The van der Waals surface area contributed by atoms with Gasteiger partial charge in [0, 0.05) is 32.6 Å². The summed E-state index contributed by atoms with van der Waals surface area (Å²) in [5.74, 6) is -0.603. The second-order valence-corrected chi connectivity index (χ2v) is 11.3. The number of hydrogen-bond acceptors (Lipinski definition) is 7. The van der Waals surface area contributed by atoms with E-state index in [-0.39, 0.29) is 64.8 Å². The van der Waals surface area contributed by atoms with Crippen molar-refractivity contribution in [2.24, 2.45) is 0 Å². The van der Waals surface area contributed by atoms with Gasteiger partial charge < -0.3 is 25.4 Å². The highest BCUT2D eigenvalue weighted by atomic mass is 19.1. The number of benzene rings is 4. The lowest BCUT2D eigenvalue weighted by Gasteiger charge is -2.33. The molecule has 5 rings (SSSR count). The third kappa shape index (κ3) is 8.85. The first kappa shape index (κ1) is 33.8. The average molecular weight is 653 g/mol. The zero-order valence-corrected chi connectivity index (χ0v) is 26.3. The fraction of sp³-hybridized carbons (Fsp3) is 0.278. The largest absolute Gasteiger partial charge is 0.491 e. The van der Waals surface area contributed by atoms with Crippen molar-refractivity contribution in [2.45, 2.75) is 25.6 Å². The van der Waals surface area contributed by atoms with Gasteiger partial charge in [-0.2, -0.15) is 5.26 Å². The van der Waals surface area contributed by atoms with Crippen molar-refractivity contribution in [1.82, 2.24) is 25.6 Å². The van der Waals surface area contributed by atoms with Crippen molar-refractivity contribution >= 4 is 28.6 Å². The molecule has 0 aromatic heterocycles. The van der Waals surface area contributed by atoms with Crippen LogP contribution in [0.5, 0.6) is 5.75 Å². The first-order valence-corrected chi connectivity index (χ1v) is 15.6. The van der Waals surface area contributed by atoms with E-state index in [9.17, 15) is 24.0 Å². The number of ether oxygens (including phenoxy) is 1. The molecular weight excluding hydrogens is 615 g/mol. The van der Waals surface area contributed by atoms with Crippen molar-refractivity contribution in [1.29, 1.82) is 5.26 Å². The number of fused-ring (bicyclic) bond motifs is 1. The number of halogens is 1. The molecule has 1 fully saturated rings. The highest BCUT2D eigenvalue weighted by Gasteiger charge is 2.32. The minimum Gasteiger partial charge on any atom is -0.491 e. The number of hydrogen-bond donors (Lipinski definition) is 3. The summed E-state index contributed by atoms with van der Waals surface area (Å²) in [6.45, 7) is 0.0219. The van der Waals surface area contributed by atoms with Gasteiger partial charge in [0.2, 0.25) is 11.8 Å². The lowest BCUT2D eigenvalue weighted by molar-refractivity contribution is -0.136. The summed E-state index contributed by atoms with van der Waals surface area (Å²) in [7, 11) is 0. The van der Waals surface area contributed by atoms with Crippen LogP contribution < -0.4 is 15.4 Å². The minimum absolute atomic E-state index is 0.0820. The van der Waals surface area contributed by atoms with Crippen LogP contribution in [0.1, 0.15) is 16.7 Å². The molecule has 1 heterocycles. The minimum atomic E-state index is -0.909. The van der Waals surface area contributed by atoms with E-state index in [2.05, 4.69) is 10.6 Å². The van der Waals surface area contributed by atoms with Crippen molar-refractivity contribution < 1.29 is 28.6 Å². The van der Waals surface area contributed by atoms with E-state index in [0.29, 0.717) is 11.3 Å². The molecule has 1 aliphatic heterocycles. The molecule has 48 heavy (non-hydrogen) atoms. The number of amides is 4. The monoisotopic (exact) mass is 652 g/mol. The summed E-state index contributed by atoms with van der Waals surface area (Å²) >= 11 is 0. The topological polar surface area (TPSA) is 138 Å². The normalized spacial score (nSPS) is 15.5. The lowest BCUT2D eigenvalue weighted by atomic mass is 10.0. The Hall–Kier alpha value is -5.51. The van der Waals surface area contributed by atoms with Crippen molar-refractivity contribution in [3.8, 4) is 11.8 Å². The Labute approximate surface area is 278 Å². The molecule has 0 saturated carbocycles. The van der Waals surface area contributed by atoms with Crippen LogP contribution in [0.15, 0.2) is 91.0 Å². The van der Waals surface area contributed by atoms with E-state index in [1.165, 1.54) is 17.1 Å². The SMILES string of the molecule is N#CCN(C(=O)NCc1ccc(F)cc1)N1CCN(Cc2cccc3ccccc23)C(=O)[C@H](Cc2ccc(OCCO)cc2)NC(=O)C1. The molecule has 0 unspecified atom stereocenters. The van der Waals surface area contributed by atoms with Gasteiger partial charge in [-0.25, -0.2) is 19.2 Å². The number of carbonyl (C=O) groups excluding carboxylic acids is 3. The number of aliphatic hydroxyl groups excluding tert-OH is 1. The first-order chi connectivity index (χ1) is 23.3. The van der Waals surface area contributed by atoms with E-state index in [4.69, 9.17) is 9.84 Å². The molecule has 1 saturated heterocycles. The number of urea groups is 1. The number of carbonyl (C=O) groups is 3. The molecule has 248 valence electrons. The molecule has 1 aliphatic rings. The van der Waals surface area contributed by atoms with Crippen LogP contribution >= 0.6 is 0 Å². The fourth-order valence-electron chi connectivity index (χ4n) is 5.61. The number of aliphatic hydroxyl groups is 1. The fourth-order valence-corrected chi connectivity index (χ4v) is 5.61. The molecule has 4 aromatic carbocycles. The second kappa shape index (κ2) is 16.4. The summed E-state index contributed by atoms with van der Waals surface area (Å²) in [5, 5.41) is 28.9. The molecular formula is C36H37FN6O5. The van der Waals surface area contributed by atoms with Gasteiger partial charge in [-0.3, -0.25) is 9.59 Å². The molecule has 3 N–H and O–H groups in total. The Balaban J connectivity index is 1.40. The number of rotatable bonds is 11. The maximum atomic E-state index is 14.2. The predicted molar refractivity (Wildman–Crippen MR) is 177 cm³/mol. The van der Waals surface area contributed by atoms with Gasteiger partial charge in [0.1, 0.15) is 30.8 Å². The molecule has 0 spiro atoms. The van der Waals surface area contributed by atoms with Gasteiger partial charge in [0.25, 0.3) is 0 Å². The molecule has 12 heteroatoms. The van der Waals surface area contributed by atoms with Gasteiger partial charge in [0.15, 0.2) is 0 Å². The van der Waals surface area contributed by atoms with Gasteiger partial charge in [-0.05, 0) is 51.7 Å². The van der Waals surface area contributed by atoms with Crippen LogP contribution in [0.25, 0.3) is 10.8 Å². The molecule has 0 bridgehead atoms. The summed E-state index contributed by atoms with van der Waals surface area (Å²) in [6, 6.07) is 27.0. The van der Waals surface area contributed by atoms with Crippen LogP contribution in [0, 0.1) is 17.1 Å². The maximum absolute atomic E-state index is 14.2. The highest BCUT2D eigenvalue weighted by Crippen LogP contribution is 2.22. The van der Waals surface area contributed by atoms with Gasteiger partial charge in [0.05, 0.1) is 19.2 Å².